The first-order valence-electron chi connectivity index (χ1n) is 6.77. The number of halogens is 2. The molecule has 1 N–H and O–H groups in total. The van der Waals surface area contributed by atoms with E-state index in [4.69, 9.17) is 11.6 Å². The predicted molar refractivity (Wildman–Crippen MR) is 80.2 cm³/mol. The molecule has 7 heteroatoms. The number of aliphatic hydroxyl groups is 1. The average molecular weight is 332 g/mol. The minimum Gasteiger partial charge on any atom is -0.469 e. The molecule has 0 saturated heterocycles. The van der Waals surface area contributed by atoms with Crippen LogP contribution in [0, 0.1) is 11.7 Å². The number of rotatable bonds is 6. The fourth-order valence-corrected chi connectivity index (χ4v) is 2.27. The summed E-state index contributed by atoms with van der Waals surface area (Å²) in [6.07, 6.45) is -0.834. The van der Waals surface area contributed by atoms with Crippen LogP contribution in [-0.4, -0.2) is 48.2 Å². The first-order valence-corrected chi connectivity index (χ1v) is 7.14. The fourth-order valence-electron chi connectivity index (χ4n) is 2.03. The van der Waals surface area contributed by atoms with Gasteiger partial charge in [0.05, 0.1) is 29.7 Å². The molecule has 1 aromatic rings. The maximum Gasteiger partial charge on any atom is 0.310 e. The molecule has 0 aliphatic heterocycles. The molecule has 0 aromatic heterocycles. The van der Waals surface area contributed by atoms with Gasteiger partial charge < -0.3 is 14.7 Å². The van der Waals surface area contributed by atoms with Crippen molar-refractivity contribution in [2.45, 2.75) is 20.0 Å². The Bertz CT molecular complexity index is 530. The summed E-state index contributed by atoms with van der Waals surface area (Å²) in [4.78, 5) is 25.2. The summed E-state index contributed by atoms with van der Waals surface area (Å²) >= 11 is 5.89. The molecule has 5 nitrogen and oxygen atoms in total. The largest absolute Gasteiger partial charge is 0.469 e. The Morgan fingerprint density at radius 3 is 2.50 bits per heavy atom. The van der Waals surface area contributed by atoms with Crippen LogP contribution >= 0.6 is 11.6 Å². The van der Waals surface area contributed by atoms with Crippen LogP contribution < -0.4 is 0 Å². The maximum atomic E-state index is 13.9. The zero-order chi connectivity index (χ0) is 16.9. The van der Waals surface area contributed by atoms with Crippen molar-refractivity contribution in [3.05, 3.63) is 34.6 Å². The van der Waals surface area contributed by atoms with Crippen LogP contribution in [0.5, 0.6) is 0 Å². The minimum atomic E-state index is -0.834. The highest BCUT2D eigenvalue weighted by Gasteiger charge is 2.26. The van der Waals surface area contributed by atoms with E-state index in [1.54, 1.807) is 6.92 Å². The van der Waals surface area contributed by atoms with E-state index in [0.717, 1.165) is 6.07 Å². The van der Waals surface area contributed by atoms with Crippen LogP contribution in [0.1, 0.15) is 24.2 Å². The van der Waals surface area contributed by atoms with Crippen molar-refractivity contribution in [3.8, 4) is 0 Å². The third-order valence-corrected chi connectivity index (χ3v) is 3.36. The Balaban J connectivity index is 3.06. The Morgan fingerprint density at radius 2 is 2.00 bits per heavy atom. The highest BCUT2D eigenvalue weighted by atomic mass is 35.5. The van der Waals surface area contributed by atoms with Gasteiger partial charge in [0.15, 0.2) is 0 Å². The van der Waals surface area contributed by atoms with E-state index in [-0.39, 0.29) is 23.7 Å². The Labute approximate surface area is 133 Å². The molecule has 2 atom stereocenters. The Hall–Kier alpha value is -1.66. The van der Waals surface area contributed by atoms with E-state index in [0.29, 0.717) is 0 Å². The number of nitrogens with zero attached hydrogens (tertiary/aromatic N) is 1. The fraction of sp³-hybridized carbons (Fsp3) is 0.467. The van der Waals surface area contributed by atoms with E-state index >= 15 is 0 Å². The van der Waals surface area contributed by atoms with Crippen LogP contribution in [0.3, 0.4) is 0 Å². The molecule has 1 amide bonds. The van der Waals surface area contributed by atoms with Crippen molar-refractivity contribution in [2.75, 3.05) is 20.2 Å². The number of hydrogen-bond donors (Lipinski definition) is 1. The summed E-state index contributed by atoms with van der Waals surface area (Å²) in [6.45, 7) is 3.01. The molecule has 0 fully saturated rings. The second-order valence-electron chi connectivity index (χ2n) is 5.08. The van der Waals surface area contributed by atoms with Crippen molar-refractivity contribution in [1.82, 2.24) is 4.90 Å². The number of methoxy groups -OCH3 is 1. The molecule has 0 bridgehead atoms. The van der Waals surface area contributed by atoms with E-state index < -0.39 is 29.7 Å². The molecule has 1 aromatic carbocycles. The number of carbonyl (C=O) groups is 2. The zero-order valence-electron chi connectivity index (χ0n) is 12.7. The summed E-state index contributed by atoms with van der Waals surface area (Å²) in [7, 11) is 1.24. The number of hydrogen-bond acceptors (Lipinski definition) is 4. The maximum absolute atomic E-state index is 13.9. The average Bonchev–Trinajstić information content (AvgIpc) is 2.44. The number of amides is 1. The minimum absolute atomic E-state index is 0.0128. The highest BCUT2D eigenvalue weighted by Crippen LogP contribution is 2.21. The molecular formula is C15H19ClFNO4. The van der Waals surface area contributed by atoms with Crippen molar-refractivity contribution < 1.29 is 23.8 Å². The molecule has 0 saturated carbocycles. The molecule has 122 valence electrons. The van der Waals surface area contributed by atoms with Gasteiger partial charge in [-0.1, -0.05) is 24.6 Å². The van der Waals surface area contributed by atoms with Gasteiger partial charge in [-0.3, -0.25) is 9.59 Å². The van der Waals surface area contributed by atoms with Gasteiger partial charge in [-0.25, -0.2) is 4.39 Å². The summed E-state index contributed by atoms with van der Waals surface area (Å²) in [5.41, 5.74) is -0.276. The van der Waals surface area contributed by atoms with Gasteiger partial charge in [0.1, 0.15) is 5.82 Å². The number of esters is 1. The van der Waals surface area contributed by atoms with Gasteiger partial charge in [-0.15, -0.1) is 0 Å². The SMILES string of the molecule is COC(=O)C(C)CN(CC(C)O)C(=O)c1c(F)cccc1Cl. The molecule has 0 radical (unpaired) electrons. The molecular weight excluding hydrogens is 313 g/mol. The second kappa shape index (κ2) is 8.10. The van der Waals surface area contributed by atoms with Gasteiger partial charge in [-0.05, 0) is 19.1 Å². The summed E-state index contributed by atoms with van der Waals surface area (Å²) in [6, 6.07) is 3.93. The van der Waals surface area contributed by atoms with Crippen LogP contribution in [0.25, 0.3) is 0 Å². The third-order valence-electron chi connectivity index (χ3n) is 3.05. The lowest BCUT2D eigenvalue weighted by atomic mass is 10.1. The van der Waals surface area contributed by atoms with E-state index in [1.807, 2.05) is 0 Å². The first kappa shape index (κ1) is 18.4. The monoisotopic (exact) mass is 331 g/mol. The first-order chi connectivity index (χ1) is 10.3. The number of aliphatic hydroxyl groups excluding tert-OH is 1. The topological polar surface area (TPSA) is 66.8 Å². The molecule has 22 heavy (non-hydrogen) atoms. The van der Waals surface area contributed by atoms with Crippen LogP contribution in [0.4, 0.5) is 4.39 Å². The van der Waals surface area contributed by atoms with Crippen LogP contribution in [0.2, 0.25) is 5.02 Å². The number of ether oxygens (including phenoxy) is 1. The lowest BCUT2D eigenvalue weighted by Gasteiger charge is -2.26. The van der Waals surface area contributed by atoms with E-state index in [1.165, 1.54) is 31.1 Å². The molecule has 1 rings (SSSR count). The third kappa shape index (κ3) is 4.68. The molecule has 0 heterocycles. The van der Waals surface area contributed by atoms with E-state index in [2.05, 4.69) is 4.74 Å². The highest BCUT2D eigenvalue weighted by molar-refractivity contribution is 6.33. The quantitative estimate of drug-likeness (QED) is 0.811. The molecule has 0 aliphatic carbocycles. The van der Waals surface area contributed by atoms with Crippen molar-refractivity contribution in [1.29, 1.82) is 0 Å². The van der Waals surface area contributed by atoms with Gasteiger partial charge in [0, 0.05) is 13.1 Å². The van der Waals surface area contributed by atoms with Crippen molar-refractivity contribution >= 4 is 23.5 Å². The standard InChI is InChI=1S/C15H19ClFNO4/c1-9(15(21)22-3)7-18(8-10(2)19)14(20)13-11(16)5-4-6-12(13)17/h4-6,9-10,19H,7-8H2,1-3H3. The summed E-state index contributed by atoms with van der Waals surface area (Å²) in [5, 5.41) is 9.51. The summed E-state index contributed by atoms with van der Waals surface area (Å²) < 4.78 is 18.5. The van der Waals surface area contributed by atoms with Crippen LogP contribution in [-0.2, 0) is 9.53 Å². The number of carbonyl (C=O) groups excluding carboxylic acids is 2. The second-order valence-corrected chi connectivity index (χ2v) is 5.49. The predicted octanol–water partition coefficient (Wildman–Crippen LogP) is 2.11. The van der Waals surface area contributed by atoms with Gasteiger partial charge in [0.25, 0.3) is 5.91 Å². The van der Waals surface area contributed by atoms with Gasteiger partial charge in [-0.2, -0.15) is 0 Å². The van der Waals surface area contributed by atoms with Crippen LogP contribution in [0.15, 0.2) is 18.2 Å². The van der Waals surface area contributed by atoms with Gasteiger partial charge >= 0.3 is 5.97 Å². The lowest BCUT2D eigenvalue weighted by molar-refractivity contribution is -0.145. The van der Waals surface area contributed by atoms with E-state index in [9.17, 15) is 19.1 Å². The molecule has 0 aliphatic rings. The lowest BCUT2D eigenvalue weighted by Crippen LogP contribution is -2.41. The normalized spacial score (nSPS) is 13.4. The molecule has 2 unspecified atom stereocenters. The van der Waals surface area contributed by atoms with Crippen molar-refractivity contribution in [2.24, 2.45) is 5.92 Å². The zero-order valence-corrected chi connectivity index (χ0v) is 13.4. The smallest absolute Gasteiger partial charge is 0.310 e. The van der Waals surface area contributed by atoms with Crippen molar-refractivity contribution in [3.63, 3.8) is 0 Å². The molecule has 0 spiro atoms. The Kier molecular flexibility index (Phi) is 6.77. The Morgan fingerprint density at radius 1 is 1.36 bits per heavy atom. The number of benzene rings is 1. The summed E-state index contributed by atoms with van der Waals surface area (Å²) in [5.74, 6) is -2.54. The van der Waals surface area contributed by atoms with Gasteiger partial charge in [0.2, 0.25) is 0 Å².